The molecule has 0 saturated heterocycles. The van der Waals surface area contributed by atoms with Gasteiger partial charge in [-0.2, -0.15) is 17.0 Å². The molecule has 2 aromatic heterocycles. The van der Waals surface area contributed by atoms with Crippen molar-refractivity contribution >= 4 is 16.2 Å². The molecule has 0 aliphatic rings. The largest absolute Gasteiger partial charge is 0.460 e. The van der Waals surface area contributed by atoms with Crippen molar-refractivity contribution in [3.05, 3.63) is 42.6 Å². The van der Waals surface area contributed by atoms with E-state index in [-0.39, 0.29) is 18.8 Å². The van der Waals surface area contributed by atoms with E-state index in [2.05, 4.69) is 9.97 Å². The monoisotopic (exact) mass is 353 g/mol. The van der Waals surface area contributed by atoms with E-state index >= 15 is 0 Å². The number of imidazole rings is 1. The van der Waals surface area contributed by atoms with Gasteiger partial charge >= 0.3 is 5.97 Å². The summed E-state index contributed by atoms with van der Waals surface area (Å²) in [6, 6.07) is 4.94. The van der Waals surface area contributed by atoms with Crippen molar-refractivity contribution in [3.8, 4) is 5.82 Å². The lowest BCUT2D eigenvalue weighted by Crippen LogP contribution is -2.39. The molecule has 0 bridgehead atoms. The van der Waals surface area contributed by atoms with Crippen LogP contribution in [0.25, 0.3) is 5.82 Å². The Morgan fingerprint density at radius 1 is 1.29 bits per heavy atom. The molecule has 0 N–H and O–H groups in total. The average Bonchev–Trinajstić information content (AvgIpc) is 3.09. The Kier molecular flexibility index (Phi) is 5.65. The Labute approximate surface area is 140 Å². The molecule has 2 rings (SSSR count). The topological polar surface area (TPSA) is 97.6 Å². The molecule has 0 unspecified atom stereocenters. The number of likely N-dealkylation sites (N-methyl/N-ethyl adjacent to an activating group) is 1. The van der Waals surface area contributed by atoms with Crippen molar-refractivity contribution in [2.24, 2.45) is 0 Å². The van der Waals surface area contributed by atoms with Crippen LogP contribution in [0.2, 0.25) is 0 Å². The summed E-state index contributed by atoms with van der Waals surface area (Å²) in [6.07, 6.45) is 4.88. The van der Waals surface area contributed by atoms with Gasteiger partial charge in [-0.3, -0.25) is 4.57 Å². The number of esters is 1. The molecule has 0 aliphatic heterocycles. The van der Waals surface area contributed by atoms with Crippen LogP contribution in [0.15, 0.2) is 36.9 Å². The summed E-state index contributed by atoms with van der Waals surface area (Å²) < 4.78 is 32.6. The van der Waals surface area contributed by atoms with E-state index in [1.165, 1.54) is 27.2 Å². The van der Waals surface area contributed by atoms with Gasteiger partial charge < -0.3 is 4.74 Å². The molecule has 0 amide bonds. The molecule has 2 aromatic rings. The number of carbonyl (C=O) groups is 1. The number of hydrogen-bond donors (Lipinski definition) is 0. The third-order valence-electron chi connectivity index (χ3n) is 3.21. The van der Waals surface area contributed by atoms with Crippen LogP contribution in [0.4, 0.5) is 0 Å². The second-order valence-corrected chi connectivity index (χ2v) is 7.35. The zero-order valence-electron chi connectivity index (χ0n) is 13.7. The van der Waals surface area contributed by atoms with Gasteiger partial charge in [0.15, 0.2) is 5.69 Å². The van der Waals surface area contributed by atoms with E-state index in [9.17, 15) is 13.2 Å². The summed E-state index contributed by atoms with van der Waals surface area (Å²) >= 11 is 0. The maximum absolute atomic E-state index is 12.0. The summed E-state index contributed by atoms with van der Waals surface area (Å²) in [5.74, 6) is -0.0816. The fourth-order valence-electron chi connectivity index (χ4n) is 1.81. The van der Waals surface area contributed by atoms with Crippen LogP contribution in [0.3, 0.4) is 0 Å². The van der Waals surface area contributed by atoms with Crippen LogP contribution >= 0.6 is 0 Å². The molecule has 130 valence electrons. The third kappa shape index (κ3) is 4.16. The van der Waals surface area contributed by atoms with E-state index < -0.39 is 16.2 Å². The Bertz CT molecular complexity index is 789. The Morgan fingerprint density at radius 2 is 2.04 bits per heavy atom. The molecule has 10 heteroatoms. The molecule has 0 aliphatic carbocycles. The highest BCUT2D eigenvalue weighted by atomic mass is 32.2. The molecular formula is C14H19N5O4S. The fourth-order valence-corrected chi connectivity index (χ4v) is 2.67. The maximum atomic E-state index is 12.0. The van der Waals surface area contributed by atoms with Crippen molar-refractivity contribution in [1.29, 1.82) is 0 Å². The SMILES string of the molecule is CN(C)S(=O)(=O)N(C)CCOC(=O)c1cccc(-n2ccnc2)n1. The van der Waals surface area contributed by atoms with Crippen LogP contribution < -0.4 is 0 Å². The summed E-state index contributed by atoms with van der Waals surface area (Å²) in [4.78, 5) is 20.2. The zero-order valence-corrected chi connectivity index (χ0v) is 14.5. The van der Waals surface area contributed by atoms with Crippen molar-refractivity contribution in [2.75, 3.05) is 34.3 Å². The Hall–Kier alpha value is -2.30. The lowest BCUT2D eigenvalue weighted by molar-refractivity contribution is 0.0486. The van der Waals surface area contributed by atoms with Crippen molar-refractivity contribution in [3.63, 3.8) is 0 Å². The summed E-state index contributed by atoms with van der Waals surface area (Å²) in [7, 11) is 0.759. The van der Waals surface area contributed by atoms with Gasteiger partial charge in [-0.25, -0.2) is 14.8 Å². The number of hydrogen-bond acceptors (Lipinski definition) is 6. The van der Waals surface area contributed by atoms with E-state index in [0.717, 1.165) is 8.61 Å². The molecule has 0 spiro atoms. The standard InChI is InChI=1S/C14H19N5O4S/c1-17(2)24(21,22)18(3)9-10-23-14(20)12-5-4-6-13(16-12)19-8-7-15-11-19/h4-8,11H,9-10H2,1-3H3. The smallest absolute Gasteiger partial charge is 0.357 e. The number of pyridine rings is 1. The second kappa shape index (κ2) is 7.51. The first kappa shape index (κ1) is 18.0. The van der Waals surface area contributed by atoms with Gasteiger partial charge in [0.2, 0.25) is 0 Å². The predicted octanol–water partition coefficient (Wildman–Crippen LogP) is 0.162. The summed E-state index contributed by atoms with van der Waals surface area (Å²) in [5.41, 5.74) is 0.138. The molecule has 2 heterocycles. The highest BCUT2D eigenvalue weighted by Crippen LogP contribution is 2.07. The second-order valence-electron chi connectivity index (χ2n) is 5.10. The molecule has 0 atom stereocenters. The summed E-state index contributed by atoms with van der Waals surface area (Å²) in [6.45, 7) is -0.0210. The number of aromatic nitrogens is 3. The number of ether oxygens (including phenoxy) is 1. The van der Waals surface area contributed by atoms with Gasteiger partial charge in [-0.05, 0) is 12.1 Å². The summed E-state index contributed by atoms with van der Waals surface area (Å²) in [5, 5.41) is 0. The van der Waals surface area contributed by atoms with Gasteiger partial charge in [0, 0.05) is 40.1 Å². The number of carbonyl (C=O) groups excluding carboxylic acids is 1. The molecule has 9 nitrogen and oxygen atoms in total. The van der Waals surface area contributed by atoms with E-state index in [0.29, 0.717) is 5.82 Å². The predicted molar refractivity (Wildman–Crippen MR) is 86.9 cm³/mol. The van der Waals surface area contributed by atoms with Crippen molar-refractivity contribution < 1.29 is 17.9 Å². The Balaban J connectivity index is 1.95. The zero-order chi connectivity index (χ0) is 17.7. The van der Waals surface area contributed by atoms with Gasteiger partial charge in [0.05, 0.1) is 0 Å². The maximum Gasteiger partial charge on any atom is 0.357 e. The van der Waals surface area contributed by atoms with Crippen molar-refractivity contribution in [2.45, 2.75) is 0 Å². The normalized spacial score (nSPS) is 11.9. The first-order valence-electron chi connectivity index (χ1n) is 7.08. The minimum absolute atomic E-state index is 0.0491. The minimum atomic E-state index is -3.53. The lowest BCUT2D eigenvalue weighted by Gasteiger charge is -2.20. The van der Waals surface area contributed by atoms with Gasteiger partial charge in [0.25, 0.3) is 10.2 Å². The molecular weight excluding hydrogens is 334 g/mol. The molecule has 24 heavy (non-hydrogen) atoms. The van der Waals surface area contributed by atoms with Gasteiger partial charge in [-0.15, -0.1) is 0 Å². The molecule has 0 radical (unpaired) electrons. The first-order chi connectivity index (χ1) is 11.3. The van der Waals surface area contributed by atoms with Crippen LogP contribution in [-0.2, 0) is 14.9 Å². The van der Waals surface area contributed by atoms with Crippen LogP contribution in [0.5, 0.6) is 0 Å². The van der Waals surface area contributed by atoms with E-state index in [4.69, 9.17) is 4.74 Å². The van der Waals surface area contributed by atoms with E-state index in [1.54, 1.807) is 35.4 Å². The third-order valence-corrected chi connectivity index (χ3v) is 5.10. The average molecular weight is 353 g/mol. The quantitative estimate of drug-likeness (QED) is 0.658. The number of rotatable bonds is 7. The minimum Gasteiger partial charge on any atom is -0.460 e. The molecule has 0 aromatic carbocycles. The fraction of sp³-hybridized carbons (Fsp3) is 0.357. The first-order valence-corrected chi connectivity index (χ1v) is 8.48. The number of nitrogens with zero attached hydrogens (tertiary/aromatic N) is 5. The molecule has 0 fully saturated rings. The highest BCUT2D eigenvalue weighted by Gasteiger charge is 2.20. The highest BCUT2D eigenvalue weighted by molar-refractivity contribution is 7.86. The molecule has 0 saturated carbocycles. The van der Waals surface area contributed by atoms with Gasteiger partial charge in [-0.1, -0.05) is 6.07 Å². The lowest BCUT2D eigenvalue weighted by atomic mass is 10.3. The van der Waals surface area contributed by atoms with Crippen molar-refractivity contribution in [1.82, 2.24) is 23.1 Å². The van der Waals surface area contributed by atoms with E-state index in [1.807, 2.05) is 0 Å². The van der Waals surface area contributed by atoms with Crippen LogP contribution in [-0.4, -0.2) is 71.8 Å². The Morgan fingerprint density at radius 3 is 2.67 bits per heavy atom. The van der Waals surface area contributed by atoms with Crippen LogP contribution in [0.1, 0.15) is 10.5 Å². The van der Waals surface area contributed by atoms with Crippen LogP contribution in [0, 0.1) is 0 Å². The van der Waals surface area contributed by atoms with Gasteiger partial charge in [0.1, 0.15) is 18.8 Å².